The molecule has 0 heterocycles. The topological polar surface area (TPSA) is 18.5 Å². The van der Waals surface area contributed by atoms with Gasteiger partial charge >= 0.3 is 6.18 Å². The molecule has 2 aliphatic carbocycles. The SMILES string of the molecule is CC(C)(C)[C@H]1CC[C@H](Oc2ccc3cc(Br)ccc3c2C(F)(F)F)CC1.CC(C)(C)[C@H]1CC[C@H](Oc2ccc3cc(Br)ccc3c2I)CC1. The van der Waals surface area contributed by atoms with Crippen LogP contribution in [0.25, 0.3) is 21.5 Å². The normalized spacial score (nSPS) is 22.0. The van der Waals surface area contributed by atoms with Gasteiger partial charge in [-0.2, -0.15) is 13.2 Å². The Morgan fingerprint density at radius 2 is 0.980 bits per heavy atom. The Labute approximate surface area is 320 Å². The fourth-order valence-corrected chi connectivity index (χ4v) is 9.01. The van der Waals surface area contributed by atoms with Gasteiger partial charge in [-0.25, -0.2) is 0 Å². The zero-order chi connectivity index (χ0) is 35.7. The van der Waals surface area contributed by atoms with Gasteiger partial charge in [-0.05, 0) is 155 Å². The maximum Gasteiger partial charge on any atom is 0.420 e. The van der Waals surface area contributed by atoms with Crippen molar-refractivity contribution >= 4 is 76.0 Å². The first-order chi connectivity index (χ1) is 22.9. The van der Waals surface area contributed by atoms with Crippen molar-refractivity contribution in [2.24, 2.45) is 22.7 Å². The lowest BCUT2D eigenvalue weighted by Gasteiger charge is -2.37. The maximum atomic E-state index is 13.8. The van der Waals surface area contributed by atoms with E-state index in [9.17, 15) is 13.2 Å². The molecule has 2 nitrogen and oxygen atoms in total. The smallest absolute Gasteiger partial charge is 0.420 e. The first-order valence-corrected chi connectivity index (χ1v) is 20.1. The quantitative estimate of drug-likeness (QED) is 0.190. The second-order valence-electron chi connectivity index (χ2n) is 16.0. The molecule has 266 valence electrons. The minimum Gasteiger partial charge on any atom is -0.490 e. The summed E-state index contributed by atoms with van der Waals surface area (Å²) in [6.07, 6.45) is 4.29. The van der Waals surface area contributed by atoms with Gasteiger partial charge in [0.2, 0.25) is 0 Å². The zero-order valence-electron chi connectivity index (χ0n) is 29.3. The molecule has 0 atom stereocenters. The van der Waals surface area contributed by atoms with E-state index in [1.807, 2.05) is 0 Å². The third kappa shape index (κ3) is 9.88. The van der Waals surface area contributed by atoms with Crippen LogP contribution in [-0.2, 0) is 6.18 Å². The summed E-state index contributed by atoms with van der Waals surface area (Å²) in [5.74, 6) is 2.42. The minimum atomic E-state index is -4.45. The van der Waals surface area contributed by atoms with Gasteiger partial charge in [-0.1, -0.05) is 97.7 Å². The Kier molecular flexibility index (Phi) is 12.3. The van der Waals surface area contributed by atoms with Crippen LogP contribution in [0, 0.1) is 26.2 Å². The summed E-state index contributed by atoms with van der Waals surface area (Å²) < 4.78 is 56.6. The monoisotopic (exact) mass is 914 g/mol. The van der Waals surface area contributed by atoms with E-state index in [1.54, 1.807) is 18.2 Å². The van der Waals surface area contributed by atoms with Crippen LogP contribution >= 0.6 is 54.5 Å². The van der Waals surface area contributed by atoms with Crippen molar-refractivity contribution in [2.45, 2.75) is 111 Å². The summed E-state index contributed by atoms with van der Waals surface area (Å²) in [5.41, 5.74) is -0.00538. The van der Waals surface area contributed by atoms with Gasteiger partial charge in [0.15, 0.2) is 0 Å². The predicted octanol–water partition coefficient (Wildman–Crippen LogP) is 14.8. The minimum absolute atomic E-state index is 0.0495. The van der Waals surface area contributed by atoms with Crippen molar-refractivity contribution in [3.05, 3.63) is 78.7 Å². The molecule has 4 aromatic carbocycles. The lowest BCUT2D eigenvalue weighted by Crippen LogP contribution is -2.31. The number of ether oxygens (including phenoxy) is 2. The predicted molar refractivity (Wildman–Crippen MR) is 213 cm³/mol. The summed E-state index contributed by atoms with van der Waals surface area (Å²) in [4.78, 5) is 0. The second kappa shape index (κ2) is 15.6. The molecule has 0 saturated heterocycles. The lowest BCUT2D eigenvalue weighted by molar-refractivity contribution is -0.138. The molecular weight excluding hydrogens is 868 g/mol. The maximum absolute atomic E-state index is 13.8. The third-order valence-corrected chi connectivity index (χ3v) is 12.6. The second-order valence-corrected chi connectivity index (χ2v) is 18.9. The van der Waals surface area contributed by atoms with E-state index in [4.69, 9.17) is 9.47 Å². The molecule has 2 aliphatic rings. The van der Waals surface area contributed by atoms with Crippen LogP contribution in [0.1, 0.15) is 98.5 Å². The van der Waals surface area contributed by atoms with Crippen LogP contribution in [0.5, 0.6) is 11.5 Å². The molecule has 0 amide bonds. The van der Waals surface area contributed by atoms with Crippen LogP contribution in [0.15, 0.2) is 69.6 Å². The molecule has 4 aromatic rings. The van der Waals surface area contributed by atoms with Crippen molar-refractivity contribution in [3.63, 3.8) is 0 Å². The van der Waals surface area contributed by atoms with Crippen LogP contribution in [0.4, 0.5) is 13.2 Å². The van der Waals surface area contributed by atoms with E-state index in [0.29, 0.717) is 22.8 Å². The number of halogens is 6. The number of alkyl halides is 3. The summed E-state index contributed by atoms with van der Waals surface area (Å²) >= 11 is 9.28. The van der Waals surface area contributed by atoms with Crippen molar-refractivity contribution < 1.29 is 22.6 Å². The van der Waals surface area contributed by atoms with E-state index < -0.39 is 11.7 Å². The van der Waals surface area contributed by atoms with Gasteiger partial charge in [0.25, 0.3) is 0 Å². The molecule has 0 N–H and O–H groups in total. The van der Waals surface area contributed by atoms with Gasteiger partial charge in [0, 0.05) is 8.95 Å². The molecule has 0 aromatic heterocycles. The Morgan fingerprint density at radius 1 is 0.571 bits per heavy atom. The summed E-state index contributed by atoms with van der Waals surface area (Å²) in [7, 11) is 0. The highest BCUT2D eigenvalue weighted by Gasteiger charge is 2.38. The molecular formula is C41H48Br2F3IO2. The van der Waals surface area contributed by atoms with E-state index in [-0.39, 0.29) is 22.7 Å². The first kappa shape index (κ1) is 38.7. The first-order valence-electron chi connectivity index (χ1n) is 17.4. The molecule has 49 heavy (non-hydrogen) atoms. The number of hydrogen-bond acceptors (Lipinski definition) is 2. The third-order valence-electron chi connectivity index (χ3n) is 10.5. The van der Waals surface area contributed by atoms with Gasteiger partial charge in [-0.3, -0.25) is 0 Å². The molecule has 2 fully saturated rings. The summed E-state index contributed by atoms with van der Waals surface area (Å²) in [6, 6.07) is 18.7. The van der Waals surface area contributed by atoms with Gasteiger partial charge in [0.1, 0.15) is 17.1 Å². The summed E-state index contributed by atoms with van der Waals surface area (Å²) in [5, 5.41) is 3.26. The van der Waals surface area contributed by atoms with Crippen molar-refractivity contribution in [2.75, 3.05) is 0 Å². The fourth-order valence-electron chi connectivity index (χ4n) is 7.46. The standard InChI is InChI=1S/C21H24BrF3O.C20H24BrIO/c1-20(2,3)14-5-8-16(9-6-14)26-18-11-4-13-12-15(22)7-10-17(13)19(18)21(23,24)25;1-20(2,3)14-5-8-16(9-6-14)23-18-11-4-13-12-15(21)7-10-17(13)19(18)22/h4,7,10-12,14,16H,5-6,8-9H2,1-3H3;4,7,10-12,14,16H,5-6,8-9H2,1-3H3/t2*14-,16-. The van der Waals surface area contributed by atoms with Crippen molar-refractivity contribution in [1.82, 2.24) is 0 Å². The van der Waals surface area contributed by atoms with Crippen LogP contribution in [0.2, 0.25) is 0 Å². The Bertz CT molecular complexity index is 1740. The van der Waals surface area contributed by atoms with E-state index in [0.717, 1.165) is 46.3 Å². The average molecular weight is 917 g/mol. The highest BCUT2D eigenvalue weighted by Crippen LogP contribution is 2.45. The Balaban J connectivity index is 0.000000192. The number of benzene rings is 4. The van der Waals surface area contributed by atoms with Crippen LogP contribution in [0.3, 0.4) is 0 Å². The summed E-state index contributed by atoms with van der Waals surface area (Å²) in [6.45, 7) is 13.8. The molecule has 2 saturated carbocycles. The molecule has 6 rings (SSSR count). The molecule has 0 unspecified atom stereocenters. The zero-order valence-corrected chi connectivity index (χ0v) is 34.7. The van der Waals surface area contributed by atoms with Gasteiger partial charge in [-0.15, -0.1) is 0 Å². The highest BCUT2D eigenvalue weighted by atomic mass is 127. The largest absolute Gasteiger partial charge is 0.490 e. The van der Waals surface area contributed by atoms with Gasteiger partial charge in [0.05, 0.1) is 15.8 Å². The molecule has 8 heteroatoms. The number of hydrogen-bond donors (Lipinski definition) is 0. The van der Waals surface area contributed by atoms with Crippen molar-refractivity contribution in [3.8, 4) is 11.5 Å². The number of fused-ring (bicyclic) bond motifs is 2. The van der Waals surface area contributed by atoms with Crippen molar-refractivity contribution in [1.29, 1.82) is 0 Å². The van der Waals surface area contributed by atoms with Crippen LogP contribution < -0.4 is 9.47 Å². The molecule has 0 aliphatic heterocycles. The Hall–Kier alpha value is -1.52. The fraction of sp³-hybridized carbons (Fsp3) is 0.512. The number of rotatable bonds is 4. The Morgan fingerprint density at radius 3 is 1.43 bits per heavy atom. The molecule has 0 radical (unpaired) electrons. The van der Waals surface area contributed by atoms with E-state index >= 15 is 0 Å². The average Bonchev–Trinajstić information content (AvgIpc) is 3.02. The molecule has 0 bridgehead atoms. The highest BCUT2D eigenvalue weighted by molar-refractivity contribution is 14.1. The lowest BCUT2D eigenvalue weighted by atomic mass is 9.72. The van der Waals surface area contributed by atoms with E-state index in [1.165, 1.54) is 52.2 Å². The van der Waals surface area contributed by atoms with Gasteiger partial charge < -0.3 is 9.47 Å². The van der Waals surface area contributed by atoms with Crippen LogP contribution in [-0.4, -0.2) is 12.2 Å². The van der Waals surface area contributed by atoms with E-state index in [2.05, 4.69) is 126 Å². The molecule has 0 spiro atoms.